The zero-order valence-electron chi connectivity index (χ0n) is 12.1. The first kappa shape index (κ1) is 16.0. The van der Waals surface area contributed by atoms with Crippen LogP contribution in [0.2, 0.25) is 0 Å². The van der Waals surface area contributed by atoms with E-state index in [-0.39, 0.29) is 24.3 Å². The van der Waals surface area contributed by atoms with Crippen LogP contribution in [0.5, 0.6) is 0 Å². The predicted octanol–water partition coefficient (Wildman–Crippen LogP) is 2.41. The van der Waals surface area contributed by atoms with Crippen molar-refractivity contribution in [2.24, 2.45) is 0 Å². The zero-order chi connectivity index (χ0) is 16.0. The molecule has 0 amide bonds. The maximum absolute atomic E-state index is 13.9. The number of hydrogen-bond donors (Lipinski definition) is 0. The van der Waals surface area contributed by atoms with Gasteiger partial charge in [0.1, 0.15) is 17.4 Å². The van der Waals surface area contributed by atoms with Crippen molar-refractivity contribution in [2.75, 3.05) is 6.54 Å². The van der Waals surface area contributed by atoms with Crippen LogP contribution in [-0.2, 0) is 14.8 Å². The van der Waals surface area contributed by atoms with Crippen molar-refractivity contribution in [1.82, 2.24) is 4.31 Å². The van der Waals surface area contributed by atoms with Gasteiger partial charge in [0.15, 0.2) is 0 Å². The number of carbonyl (C=O) groups excluding carboxylic acids is 1. The summed E-state index contributed by atoms with van der Waals surface area (Å²) in [5, 5.41) is 0. The fraction of sp³-hybridized carbons (Fsp3) is 0.500. The van der Waals surface area contributed by atoms with Crippen molar-refractivity contribution in [3.8, 4) is 0 Å². The Labute approximate surface area is 122 Å². The molecule has 1 atom stereocenters. The van der Waals surface area contributed by atoms with Gasteiger partial charge in [-0.1, -0.05) is 0 Å². The Morgan fingerprint density at radius 3 is 2.43 bits per heavy atom. The van der Waals surface area contributed by atoms with E-state index in [1.54, 1.807) is 0 Å². The third kappa shape index (κ3) is 2.85. The van der Waals surface area contributed by atoms with E-state index in [1.165, 1.54) is 20.8 Å². The first-order valence-electron chi connectivity index (χ1n) is 6.52. The average Bonchev–Trinajstić information content (AvgIpc) is 2.73. The molecular formula is C14H17F2NO3S. The molecule has 7 heteroatoms. The number of halogens is 2. The predicted molar refractivity (Wildman–Crippen MR) is 74.1 cm³/mol. The molecule has 0 aromatic heterocycles. The monoisotopic (exact) mass is 317 g/mol. The first-order chi connectivity index (χ1) is 9.54. The highest BCUT2D eigenvalue weighted by molar-refractivity contribution is 7.90. The van der Waals surface area contributed by atoms with E-state index in [2.05, 4.69) is 0 Å². The SMILES string of the molecule is CC(C)(C)S(=O)(=O)N1CC(=O)CC1c1cc(F)ccc1F. The van der Waals surface area contributed by atoms with Crippen LogP contribution >= 0.6 is 0 Å². The topological polar surface area (TPSA) is 54.5 Å². The summed E-state index contributed by atoms with van der Waals surface area (Å²) < 4.78 is 52.2. The second kappa shape index (κ2) is 5.14. The molecule has 1 aliphatic heterocycles. The van der Waals surface area contributed by atoms with E-state index < -0.39 is 32.4 Å². The van der Waals surface area contributed by atoms with Crippen molar-refractivity contribution < 1.29 is 22.0 Å². The zero-order valence-corrected chi connectivity index (χ0v) is 12.9. The van der Waals surface area contributed by atoms with Crippen molar-refractivity contribution in [3.63, 3.8) is 0 Å². The molecule has 1 saturated heterocycles. The fourth-order valence-corrected chi connectivity index (χ4v) is 3.85. The minimum Gasteiger partial charge on any atom is -0.298 e. The largest absolute Gasteiger partial charge is 0.298 e. The van der Waals surface area contributed by atoms with Crippen LogP contribution < -0.4 is 0 Å². The van der Waals surface area contributed by atoms with Gasteiger partial charge in [0.05, 0.1) is 17.3 Å². The first-order valence-corrected chi connectivity index (χ1v) is 7.96. The van der Waals surface area contributed by atoms with Crippen molar-refractivity contribution in [3.05, 3.63) is 35.4 Å². The van der Waals surface area contributed by atoms with Crippen molar-refractivity contribution in [2.45, 2.75) is 38.0 Å². The highest BCUT2D eigenvalue weighted by Gasteiger charge is 2.45. The molecule has 0 spiro atoms. The van der Waals surface area contributed by atoms with Gasteiger partial charge < -0.3 is 0 Å². The second-order valence-corrected chi connectivity index (χ2v) is 8.73. The molecule has 1 heterocycles. The lowest BCUT2D eigenvalue weighted by Gasteiger charge is -2.30. The average molecular weight is 317 g/mol. The number of hydrogen-bond acceptors (Lipinski definition) is 3. The fourth-order valence-electron chi connectivity index (χ4n) is 2.31. The molecular weight excluding hydrogens is 300 g/mol. The number of rotatable bonds is 2. The molecule has 116 valence electrons. The van der Waals surface area contributed by atoms with E-state index in [9.17, 15) is 22.0 Å². The molecule has 0 N–H and O–H groups in total. The lowest BCUT2D eigenvalue weighted by molar-refractivity contribution is -0.116. The quantitative estimate of drug-likeness (QED) is 0.842. The summed E-state index contributed by atoms with van der Waals surface area (Å²) in [5.41, 5.74) is -0.103. The maximum Gasteiger partial charge on any atom is 0.220 e. The lowest BCUT2D eigenvalue weighted by atomic mass is 10.0. The van der Waals surface area contributed by atoms with E-state index in [4.69, 9.17) is 0 Å². The smallest absolute Gasteiger partial charge is 0.220 e. The summed E-state index contributed by atoms with van der Waals surface area (Å²) in [6, 6.07) is 1.86. The van der Waals surface area contributed by atoms with Gasteiger partial charge in [-0.15, -0.1) is 0 Å². The van der Waals surface area contributed by atoms with Crippen LogP contribution in [0, 0.1) is 11.6 Å². The minimum atomic E-state index is -3.81. The summed E-state index contributed by atoms with van der Waals surface area (Å²) in [4.78, 5) is 11.7. The van der Waals surface area contributed by atoms with E-state index >= 15 is 0 Å². The van der Waals surface area contributed by atoms with Gasteiger partial charge in [-0.2, -0.15) is 4.31 Å². The number of benzene rings is 1. The number of sulfonamides is 1. The Morgan fingerprint density at radius 1 is 1.24 bits per heavy atom. The van der Waals surface area contributed by atoms with Crippen LogP contribution in [0.4, 0.5) is 8.78 Å². The van der Waals surface area contributed by atoms with E-state index in [0.717, 1.165) is 22.5 Å². The molecule has 4 nitrogen and oxygen atoms in total. The van der Waals surface area contributed by atoms with Crippen molar-refractivity contribution >= 4 is 15.8 Å². The van der Waals surface area contributed by atoms with Gasteiger partial charge in [-0.25, -0.2) is 17.2 Å². The summed E-state index contributed by atoms with van der Waals surface area (Å²) >= 11 is 0. The standard InChI is InChI=1S/C14H17F2NO3S/c1-14(2,3)21(19,20)17-8-10(18)7-13(17)11-6-9(15)4-5-12(11)16/h4-6,13H,7-8H2,1-3H3. The summed E-state index contributed by atoms with van der Waals surface area (Å²) in [6.07, 6.45) is -0.143. The Hall–Kier alpha value is -1.34. The van der Waals surface area contributed by atoms with Crippen LogP contribution in [0.3, 0.4) is 0 Å². The van der Waals surface area contributed by atoms with Crippen LogP contribution in [-0.4, -0.2) is 29.8 Å². The highest BCUT2D eigenvalue weighted by atomic mass is 32.2. The number of Topliss-reactive ketones (excluding diaryl/α,β-unsaturated/α-hetero) is 1. The van der Waals surface area contributed by atoms with E-state index in [0.29, 0.717) is 0 Å². The van der Waals surface area contributed by atoms with Gasteiger partial charge in [0.2, 0.25) is 10.0 Å². The van der Waals surface area contributed by atoms with Gasteiger partial charge in [0.25, 0.3) is 0 Å². The summed E-state index contributed by atoms with van der Waals surface area (Å²) in [6.45, 7) is 4.21. The maximum atomic E-state index is 13.9. The van der Waals surface area contributed by atoms with Gasteiger partial charge in [-0.05, 0) is 39.0 Å². The second-order valence-electron chi connectivity index (χ2n) is 6.09. The normalized spacial score (nSPS) is 21.0. The molecule has 0 bridgehead atoms. The van der Waals surface area contributed by atoms with E-state index in [1.807, 2.05) is 0 Å². The third-order valence-corrected chi connectivity index (χ3v) is 6.05. The van der Waals surface area contributed by atoms with Crippen LogP contribution in [0.1, 0.15) is 38.8 Å². The molecule has 2 rings (SSSR count). The van der Waals surface area contributed by atoms with Gasteiger partial charge in [0, 0.05) is 12.0 Å². The molecule has 1 aromatic rings. The van der Waals surface area contributed by atoms with Gasteiger partial charge >= 0.3 is 0 Å². The summed E-state index contributed by atoms with van der Waals surface area (Å²) in [7, 11) is -3.81. The Kier molecular flexibility index (Phi) is 3.92. The Bertz CT molecular complexity index is 680. The Morgan fingerprint density at radius 2 is 1.86 bits per heavy atom. The molecule has 1 aromatic carbocycles. The van der Waals surface area contributed by atoms with Crippen molar-refractivity contribution in [1.29, 1.82) is 0 Å². The lowest BCUT2D eigenvalue weighted by Crippen LogP contribution is -2.43. The number of ketones is 1. The molecule has 0 saturated carbocycles. The van der Waals surface area contributed by atoms with Gasteiger partial charge in [-0.3, -0.25) is 4.79 Å². The van der Waals surface area contributed by atoms with Crippen LogP contribution in [0.15, 0.2) is 18.2 Å². The Balaban J connectivity index is 2.52. The third-order valence-electron chi connectivity index (χ3n) is 3.50. The summed E-state index contributed by atoms with van der Waals surface area (Å²) in [5.74, 6) is -1.69. The molecule has 1 fully saturated rings. The molecule has 1 aliphatic rings. The molecule has 1 unspecified atom stereocenters. The number of nitrogens with zero attached hydrogens (tertiary/aromatic N) is 1. The minimum absolute atomic E-state index is 0.103. The molecule has 21 heavy (non-hydrogen) atoms. The molecule has 0 aliphatic carbocycles. The highest BCUT2D eigenvalue weighted by Crippen LogP contribution is 2.37. The molecule has 0 radical (unpaired) electrons. The van der Waals surface area contributed by atoms with Crippen LogP contribution in [0.25, 0.3) is 0 Å². The number of carbonyl (C=O) groups is 1.